The van der Waals surface area contributed by atoms with Gasteiger partial charge in [0.15, 0.2) is 0 Å². The van der Waals surface area contributed by atoms with Crippen molar-refractivity contribution in [3.63, 3.8) is 0 Å². The van der Waals surface area contributed by atoms with Gasteiger partial charge in [0.25, 0.3) is 0 Å². The predicted molar refractivity (Wildman–Crippen MR) is 85.7 cm³/mol. The molecule has 4 heteroatoms. The zero-order chi connectivity index (χ0) is 13.8. The van der Waals surface area contributed by atoms with E-state index in [-0.39, 0.29) is 0 Å². The van der Waals surface area contributed by atoms with E-state index in [4.69, 9.17) is 29.6 Å². The highest BCUT2D eigenvalue weighted by Gasteiger charge is 2.21. The minimum atomic E-state index is 0.401. The number of piperidine rings is 1. The minimum absolute atomic E-state index is 0.401. The van der Waals surface area contributed by atoms with E-state index >= 15 is 0 Å². The summed E-state index contributed by atoms with van der Waals surface area (Å²) in [7, 11) is 0. The maximum atomic E-state index is 6.34. The lowest BCUT2D eigenvalue weighted by atomic mass is 9.99. The van der Waals surface area contributed by atoms with Crippen molar-refractivity contribution >= 4 is 28.8 Å². The van der Waals surface area contributed by atoms with Crippen LogP contribution in [0.3, 0.4) is 0 Å². The molecule has 1 saturated heterocycles. The van der Waals surface area contributed by atoms with Gasteiger partial charge >= 0.3 is 0 Å². The molecular weight excluding hydrogens is 276 g/mol. The third-order valence-corrected chi connectivity index (χ3v) is 4.52. The third-order valence-electron chi connectivity index (χ3n) is 3.93. The van der Waals surface area contributed by atoms with Crippen molar-refractivity contribution in [1.29, 1.82) is 0 Å². The highest BCUT2D eigenvalue weighted by atomic mass is 35.5. The number of benzene rings is 1. The van der Waals surface area contributed by atoms with E-state index in [1.54, 1.807) is 0 Å². The van der Waals surface area contributed by atoms with Crippen LogP contribution in [0.2, 0.25) is 5.02 Å². The van der Waals surface area contributed by atoms with E-state index in [9.17, 15) is 0 Å². The van der Waals surface area contributed by atoms with E-state index in [0.717, 1.165) is 17.1 Å². The zero-order valence-electron chi connectivity index (χ0n) is 11.4. The van der Waals surface area contributed by atoms with Gasteiger partial charge in [-0.25, -0.2) is 0 Å². The van der Waals surface area contributed by atoms with E-state index < -0.39 is 0 Å². The van der Waals surface area contributed by atoms with Crippen LogP contribution in [0.5, 0.6) is 0 Å². The van der Waals surface area contributed by atoms with Crippen molar-refractivity contribution < 1.29 is 0 Å². The second kappa shape index (κ2) is 6.69. The molecule has 0 amide bonds. The Hall–Kier alpha value is -0.640. The molecular formula is C15H21ClN2S. The molecule has 2 nitrogen and oxygen atoms in total. The monoisotopic (exact) mass is 296 g/mol. The molecule has 0 saturated carbocycles. The number of likely N-dealkylation sites (tertiary alicyclic amines) is 1. The first-order chi connectivity index (χ1) is 9.11. The molecule has 0 radical (unpaired) electrons. The first-order valence-corrected chi connectivity index (χ1v) is 7.72. The van der Waals surface area contributed by atoms with Gasteiger partial charge < -0.3 is 5.73 Å². The van der Waals surface area contributed by atoms with Crippen LogP contribution in [0.1, 0.15) is 43.7 Å². The predicted octanol–water partition coefficient (Wildman–Crippen LogP) is 3.74. The van der Waals surface area contributed by atoms with Gasteiger partial charge in [0, 0.05) is 23.2 Å². The lowest BCUT2D eigenvalue weighted by Gasteiger charge is -2.35. The molecule has 1 aromatic rings. The van der Waals surface area contributed by atoms with Crippen molar-refractivity contribution in [3.05, 3.63) is 34.3 Å². The molecule has 0 aromatic heterocycles. The van der Waals surface area contributed by atoms with E-state index in [1.165, 1.54) is 37.8 Å². The smallest absolute Gasteiger partial charge is 0.104 e. The maximum Gasteiger partial charge on any atom is 0.104 e. The first kappa shape index (κ1) is 14.8. The standard InChI is InChI=1S/C15H21ClN2S/c1-2-13-5-3-4-8-18(13)10-12-7-6-11(15(17)19)9-14(12)16/h6-7,9,13H,2-5,8,10H2,1H3,(H2,17,19). The Bertz CT molecular complexity index is 461. The van der Waals surface area contributed by atoms with Gasteiger partial charge in [-0.2, -0.15) is 0 Å². The largest absolute Gasteiger partial charge is 0.389 e. The lowest BCUT2D eigenvalue weighted by molar-refractivity contribution is 0.136. The number of hydrogen-bond donors (Lipinski definition) is 1. The van der Waals surface area contributed by atoms with E-state index in [0.29, 0.717) is 11.0 Å². The molecule has 0 spiro atoms. The second-order valence-corrected chi connectivity index (χ2v) is 6.05. The molecule has 1 aromatic carbocycles. The molecule has 1 aliphatic rings. The van der Waals surface area contributed by atoms with Crippen LogP contribution in [-0.2, 0) is 6.54 Å². The van der Waals surface area contributed by atoms with Gasteiger partial charge in [-0.05, 0) is 37.4 Å². The summed E-state index contributed by atoms with van der Waals surface area (Å²) < 4.78 is 0. The number of halogens is 1. The summed E-state index contributed by atoms with van der Waals surface area (Å²) in [6.07, 6.45) is 5.16. The SMILES string of the molecule is CCC1CCCCN1Cc1ccc(C(N)=S)cc1Cl. The quantitative estimate of drug-likeness (QED) is 0.858. The van der Waals surface area contributed by atoms with Gasteiger partial charge in [-0.1, -0.05) is 49.3 Å². The minimum Gasteiger partial charge on any atom is -0.389 e. The van der Waals surface area contributed by atoms with Crippen LogP contribution in [0.15, 0.2) is 18.2 Å². The van der Waals surface area contributed by atoms with Crippen molar-refractivity contribution in [2.24, 2.45) is 5.73 Å². The molecule has 1 aliphatic heterocycles. The average Bonchev–Trinajstić information content (AvgIpc) is 2.41. The fraction of sp³-hybridized carbons (Fsp3) is 0.533. The van der Waals surface area contributed by atoms with E-state index in [1.807, 2.05) is 12.1 Å². The third kappa shape index (κ3) is 3.68. The molecule has 2 N–H and O–H groups in total. The first-order valence-electron chi connectivity index (χ1n) is 6.94. The van der Waals surface area contributed by atoms with Gasteiger partial charge in [0.1, 0.15) is 4.99 Å². The number of hydrogen-bond acceptors (Lipinski definition) is 2. The highest BCUT2D eigenvalue weighted by molar-refractivity contribution is 7.80. The van der Waals surface area contributed by atoms with Crippen molar-refractivity contribution in [3.8, 4) is 0 Å². The Labute approximate surface area is 125 Å². The molecule has 0 aliphatic carbocycles. The topological polar surface area (TPSA) is 29.3 Å². The summed E-state index contributed by atoms with van der Waals surface area (Å²) >= 11 is 11.3. The number of nitrogens with two attached hydrogens (primary N) is 1. The number of nitrogens with zero attached hydrogens (tertiary/aromatic N) is 1. The molecule has 1 unspecified atom stereocenters. The van der Waals surface area contributed by atoms with Crippen LogP contribution in [0, 0.1) is 0 Å². The molecule has 1 fully saturated rings. The molecule has 1 heterocycles. The summed E-state index contributed by atoms with van der Waals surface area (Å²) in [6.45, 7) is 4.36. The van der Waals surface area contributed by atoms with Crippen LogP contribution in [0.25, 0.3) is 0 Å². The van der Waals surface area contributed by atoms with Gasteiger partial charge in [-0.3, -0.25) is 4.90 Å². The number of rotatable bonds is 4. The van der Waals surface area contributed by atoms with Gasteiger partial charge in [-0.15, -0.1) is 0 Å². The van der Waals surface area contributed by atoms with Crippen LogP contribution in [0.4, 0.5) is 0 Å². The Morgan fingerprint density at radius 3 is 2.89 bits per heavy atom. The summed E-state index contributed by atoms with van der Waals surface area (Å²) in [5.41, 5.74) is 7.63. The van der Waals surface area contributed by atoms with Crippen molar-refractivity contribution in [2.75, 3.05) is 6.54 Å². The molecule has 104 valence electrons. The second-order valence-electron chi connectivity index (χ2n) is 5.20. The maximum absolute atomic E-state index is 6.34. The fourth-order valence-corrected chi connectivity index (χ4v) is 3.15. The van der Waals surface area contributed by atoms with Crippen molar-refractivity contribution in [2.45, 2.75) is 45.2 Å². The molecule has 19 heavy (non-hydrogen) atoms. The molecule has 1 atom stereocenters. The Balaban J connectivity index is 2.11. The normalized spacial score (nSPS) is 20.4. The Morgan fingerprint density at radius 2 is 2.26 bits per heavy atom. The number of thiocarbonyl (C=S) groups is 1. The summed E-state index contributed by atoms with van der Waals surface area (Å²) in [6, 6.07) is 6.59. The van der Waals surface area contributed by atoms with Crippen LogP contribution < -0.4 is 5.73 Å². The molecule has 2 rings (SSSR count). The summed E-state index contributed by atoms with van der Waals surface area (Å²) in [5.74, 6) is 0. The van der Waals surface area contributed by atoms with Crippen LogP contribution >= 0.6 is 23.8 Å². The van der Waals surface area contributed by atoms with Crippen molar-refractivity contribution in [1.82, 2.24) is 4.90 Å². The van der Waals surface area contributed by atoms with Crippen LogP contribution in [-0.4, -0.2) is 22.5 Å². The lowest BCUT2D eigenvalue weighted by Crippen LogP contribution is -2.38. The highest BCUT2D eigenvalue weighted by Crippen LogP contribution is 2.25. The zero-order valence-corrected chi connectivity index (χ0v) is 12.9. The average molecular weight is 297 g/mol. The fourth-order valence-electron chi connectivity index (χ4n) is 2.78. The summed E-state index contributed by atoms with van der Waals surface area (Å²) in [5, 5.41) is 0.769. The Morgan fingerprint density at radius 1 is 1.47 bits per heavy atom. The van der Waals surface area contributed by atoms with Gasteiger partial charge in [0.2, 0.25) is 0 Å². The van der Waals surface area contributed by atoms with Gasteiger partial charge in [0.05, 0.1) is 0 Å². The molecule has 0 bridgehead atoms. The summed E-state index contributed by atoms with van der Waals surface area (Å²) in [4.78, 5) is 2.95. The Kier molecular flexibility index (Phi) is 5.20. The van der Waals surface area contributed by atoms with E-state index in [2.05, 4.69) is 17.9 Å².